The number of nitrogens with one attached hydrogen (secondary N) is 3. The topological polar surface area (TPSA) is 79.7 Å². The molecule has 5 rings (SSSR count). The summed E-state index contributed by atoms with van der Waals surface area (Å²) in [4.78, 5) is 14.3. The minimum absolute atomic E-state index is 0.377. The van der Waals surface area contributed by atoms with Crippen molar-refractivity contribution in [3.63, 3.8) is 0 Å². The van der Waals surface area contributed by atoms with Gasteiger partial charge in [-0.15, -0.1) is 0 Å². The van der Waals surface area contributed by atoms with E-state index in [0.29, 0.717) is 12.1 Å². The van der Waals surface area contributed by atoms with Crippen LogP contribution in [0.2, 0.25) is 0 Å². The molecular formula is C22H29N7. The molecule has 0 unspecified atom stereocenters. The molecule has 7 nitrogen and oxygen atoms in total. The first-order valence-electron chi connectivity index (χ1n) is 10.8. The predicted molar refractivity (Wildman–Crippen MR) is 117 cm³/mol. The van der Waals surface area contributed by atoms with Gasteiger partial charge in [0.05, 0.1) is 6.20 Å². The van der Waals surface area contributed by atoms with Crippen LogP contribution >= 0.6 is 0 Å². The maximum Gasteiger partial charge on any atom is 0.224 e. The first kappa shape index (κ1) is 18.4. The average Bonchev–Trinajstić information content (AvgIpc) is 3.37. The van der Waals surface area contributed by atoms with Gasteiger partial charge in [-0.2, -0.15) is 4.98 Å². The van der Waals surface area contributed by atoms with Gasteiger partial charge in [0, 0.05) is 17.8 Å². The lowest BCUT2D eigenvalue weighted by Gasteiger charge is -2.26. The minimum Gasteiger partial charge on any atom is -0.351 e. The number of piperidine rings is 1. The fraction of sp³-hybridized carbons (Fsp3) is 0.500. The summed E-state index contributed by atoms with van der Waals surface area (Å²) in [5, 5.41) is 10.6. The second-order valence-corrected chi connectivity index (χ2v) is 8.25. The number of hydrogen-bond donors (Lipinski definition) is 3. The normalized spacial score (nSPS) is 18.4. The van der Waals surface area contributed by atoms with Crippen LogP contribution in [0.3, 0.4) is 0 Å². The SMILES string of the molecule is Cc1ccccc1Nc1nc2cnc(NC3CCCC3)nc2n1C1CCNCC1. The van der Waals surface area contributed by atoms with Gasteiger partial charge in [0.2, 0.25) is 11.9 Å². The molecule has 2 aromatic heterocycles. The average molecular weight is 392 g/mol. The second kappa shape index (κ2) is 7.99. The molecule has 0 radical (unpaired) electrons. The highest BCUT2D eigenvalue weighted by molar-refractivity contribution is 5.77. The lowest BCUT2D eigenvalue weighted by atomic mass is 10.1. The molecular weight excluding hydrogens is 362 g/mol. The van der Waals surface area contributed by atoms with Crippen LogP contribution in [0.25, 0.3) is 11.2 Å². The third-order valence-corrected chi connectivity index (χ3v) is 6.19. The first-order chi connectivity index (χ1) is 14.3. The van der Waals surface area contributed by atoms with Crippen LogP contribution in [0.5, 0.6) is 0 Å². The molecule has 3 N–H and O–H groups in total. The molecule has 1 saturated carbocycles. The fourth-order valence-electron chi connectivity index (χ4n) is 4.55. The van der Waals surface area contributed by atoms with Crippen molar-refractivity contribution in [2.24, 2.45) is 0 Å². The predicted octanol–water partition coefficient (Wildman–Crippen LogP) is 4.16. The minimum atomic E-state index is 0.377. The van der Waals surface area contributed by atoms with Crippen LogP contribution in [-0.4, -0.2) is 38.7 Å². The maximum atomic E-state index is 4.92. The van der Waals surface area contributed by atoms with Crippen LogP contribution in [0.15, 0.2) is 30.5 Å². The monoisotopic (exact) mass is 391 g/mol. The third-order valence-electron chi connectivity index (χ3n) is 6.19. The summed E-state index contributed by atoms with van der Waals surface area (Å²) in [5.74, 6) is 1.58. The molecule has 29 heavy (non-hydrogen) atoms. The van der Waals surface area contributed by atoms with Crippen molar-refractivity contribution in [1.82, 2.24) is 24.8 Å². The van der Waals surface area contributed by atoms with E-state index in [1.165, 1.54) is 31.2 Å². The van der Waals surface area contributed by atoms with Gasteiger partial charge >= 0.3 is 0 Å². The van der Waals surface area contributed by atoms with Crippen LogP contribution in [-0.2, 0) is 0 Å². The van der Waals surface area contributed by atoms with Crippen LogP contribution < -0.4 is 16.0 Å². The Hall–Kier alpha value is -2.67. The van der Waals surface area contributed by atoms with Crippen LogP contribution in [0.1, 0.15) is 50.1 Å². The lowest BCUT2D eigenvalue weighted by Crippen LogP contribution is -2.30. The van der Waals surface area contributed by atoms with Gasteiger partial charge in [0.25, 0.3) is 0 Å². The number of imidazole rings is 1. The zero-order valence-corrected chi connectivity index (χ0v) is 17.0. The van der Waals surface area contributed by atoms with E-state index in [1.54, 1.807) is 0 Å². The zero-order valence-electron chi connectivity index (χ0n) is 17.0. The van der Waals surface area contributed by atoms with Crippen molar-refractivity contribution in [3.8, 4) is 0 Å². The highest BCUT2D eigenvalue weighted by Gasteiger charge is 2.24. The van der Waals surface area contributed by atoms with Crippen molar-refractivity contribution in [1.29, 1.82) is 0 Å². The lowest BCUT2D eigenvalue weighted by molar-refractivity contribution is 0.377. The zero-order chi connectivity index (χ0) is 19.6. The quantitative estimate of drug-likeness (QED) is 0.606. The molecule has 0 amide bonds. The van der Waals surface area contributed by atoms with Gasteiger partial charge in [0.15, 0.2) is 5.65 Å². The summed E-state index contributed by atoms with van der Waals surface area (Å²) >= 11 is 0. The van der Waals surface area contributed by atoms with Gasteiger partial charge in [-0.25, -0.2) is 9.97 Å². The van der Waals surface area contributed by atoms with E-state index < -0.39 is 0 Å². The van der Waals surface area contributed by atoms with Gasteiger partial charge in [-0.3, -0.25) is 4.57 Å². The fourth-order valence-corrected chi connectivity index (χ4v) is 4.55. The van der Waals surface area contributed by atoms with Gasteiger partial charge in [-0.1, -0.05) is 31.0 Å². The standard InChI is InChI=1S/C22H29N7/c1-15-6-2-5-9-18(15)26-22-27-19-14-24-21(25-16-7-3-4-8-16)28-20(19)29(22)17-10-12-23-13-11-17/h2,5-6,9,14,16-17,23H,3-4,7-8,10-13H2,1H3,(H,26,27)(H,24,25,28). The van der Waals surface area contributed by atoms with Crippen molar-refractivity contribution in [3.05, 3.63) is 36.0 Å². The van der Waals surface area contributed by atoms with Crippen molar-refractivity contribution in [2.75, 3.05) is 23.7 Å². The first-order valence-corrected chi connectivity index (χ1v) is 10.8. The van der Waals surface area contributed by atoms with E-state index >= 15 is 0 Å². The number of rotatable bonds is 5. The summed E-state index contributed by atoms with van der Waals surface area (Å²) in [6.07, 6.45) is 8.99. The molecule has 0 spiro atoms. The molecule has 3 aromatic rings. The Morgan fingerprint density at radius 1 is 1.03 bits per heavy atom. The highest BCUT2D eigenvalue weighted by atomic mass is 15.3. The van der Waals surface area contributed by atoms with Gasteiger partial charge < -0.3 is 16.0 Å². The number of hydrogen-bond acceptors (Lipinski definition) is 6. The number of fused-ring (bicyclic) bond motifs is 1. The Morgan fingerprint density at radius 2 is 1.83 bits per heavy atom. The number of nitrogens with zero attached hydrogens (tertiary/aromatic N) is 4. The van der Waals surface area contributed by atoms with Gasteiger partial charge in [0.1, 0.15) is 5.52 Å². The molecule has 0 bridgehead atoms. The van der Waals surface area contributed by atoms with E-state index in [9.17, 15) is 0 Å². The van der Waals surface area contributed by atoms with Gasteiger partial charge in [-0.05, 0) is 57.3 Å². The van der Waals surface area contributed by atoms with E-state index in [-0.39, 0.29) is 0 Å². The molecule has 7 heteroatoms. The Balaban J connectivity index is 1.54. The number of para-hydroxylation sites is 1. The molecule has 1 aromatic carbocycles. The largest absolute Gasteiger partial charge is 0.351 e. The van der Waals surface area contributed by atoms with Crippen molar-refractivity contribution < 1.29 is 0 Å². The van der Waals surface area contributed by atoms with Crippen molar-refractivity contribution in [2.45, 2.75) is 57.5 Å². The molecule has 1 aliphatic carbocycles. The number of anilines is 3. The highest BCUT2D eigenvalue weighted by Crippen LogP contribution is 2.31. The van der Waals surface area contributed by atoms with E-state index in [2.05, 4.69) is 56.7 Å². The second-order valence-electron chi connectivity index (χ2n) is 8.25. The summed E-state index contributed by atoms with van der Waals surface area (Å²) in [6.45, 7) is 4.15. The molecule has 3 heterocycles. The molecule has 152 valence electrons. The number of aryl methyl sites for hydroxylation is 1. The Labute approximate surface area is 171 Å². The van der Waals surface area contributed by atoms with E-state index in [4.69, 9.17) is 9.97 Å². The molecule has 1 aliphatic heterocycles. The Bertz CT molecular complexity index is 984. The number of benzene rings is 1. The summed E-state index contributed by atoms with van der Waals surface area (Å²) in [7, 11) is 0. The Morgan fingerprint density at radius 3 is 2.62 bits per heavy atom. The maximum absolute atomic E-state index is 4.92. The number of aromatic nitrogens is 4. The molecule has 0 atom stereocenters. The smallest absolute Gasteiger partial charge is 0.224 e. The van der Waals surface area contributed by atoms with Crippen LogP contribution in [0, 0.1) is 6.92 Å². The van der Waals surface area contributed by atoms with E-state index in [0.717, 1.165) is 54.7 Å². The van der Waals surface area contributed by atoms with Crippen LogP contribution in [0.4, 0.5) is 17.6 Å². The van der Waals surface area contributed by atoms with E-state index in [1.807, 2.05) is 6.20 Å². The van der Waals surface area contributed by atoms with Crippen molar-refractivity contribution >= 4 is 28.7 Å². The molecule has 2 aliphatic rings. The molecule has 2 fully saturated rings. The summed E-state index contributed by atoms with van der Waals surface area (Å²) in [5.41, 5.74) is 4.04. The third kappa shape index (κ3) is 3.79. The summed E-state index contributed by atoms with van der Waals surface area (Å²) in [6, 6.07) is 9.19. The Kier molecular flexibility index (Phi) is 5.06. The molecule has 1 saturated heterocycles. The summed E-state index contributed by atoms with van der Waals surface area (Å²) < 4.78 is 2.30.